The molecule has 10 aromatic carbocycles. The number of aromatic nitrogens is 5. The first-order chi connectivity index (χ1) is 35.7. The average molecular weight is 920 g/mol. The summed E-state index contributed by atoms with van der Waals surface area (Å²) in [4.78, 5) is 16.5. The van der Waals surface area contributed by atoms with E-state index in [1.807, 2.05) is 48.5 Å². The van der Waals surface area contributed by atoms with Crippen LogP contribution < -0.4 is 0 Å². The molecule has 0 saturated heterocycles. The maximum Gasteiger partial charge on any atom is 0.238 e. The van der Waals surface area contributed by atoms with E-state index in [2.05, 4.69) is 173 Å². The van der Waals surface area contributed by atoms with Gasteiger partial charge in [0.15, 0.2) is 11.6 Å². The number of nitrogens with zero attached hydrogens (tertiary/aromatic N) is 5. The summed E-state index contributed by atoms with van der Waals surface area (Å²) >= 11 is 0. The smallest absolute Gasteiger partial charge is 0.238 e. The zero-order chi connectivity index (χ0) is 46.8. The van der Waals surface area contributed by atoms with Crippen LogP contribution in [0.5, 0.6) is 0 Å². The van der Waals surface area contributed by atoms with Gasteiger partial charge in [-0.3, -0.25) is 4.57 Å². The molecule has 2 atom stereocenters. The molecule has 15 aromatic rings. The summed E-state index contributed by atoms with van der Waals surface area (Å²) in [7, 11) is 0. The highest BCUT2D eigenvalue weighted by Gasteiger charge is 2.44. The number of hydrogen-bond acceptors (Lipinski definition) is 5. The Kier molecular flexibility index (Phi) is 7.46. The highest BCUT2D eigenvalue weighted by atomic mass is 16.3. The molecule has 0 spiro atoms. The van der Waals surface area contributed by atoms with Crippen LogP contribution in [0.25, 0.3) is 122 Å². The standard InChI is InChI=1S/C65H37N5O2/c1-2-16-36(17-3-1)69-47-26-10-6-20-39(47)58-49(69)34-32-43-55-37-18-4-5-19-38(37)60(61(43)58)62-44(55)33-35-50-59(62)40-21-7-11-27-48(40)70(50)65-67-63(45-24-14-30-53-56(45)41-22-8-12-28-51(41)71-53)66-64(68-65)46-25-15-31-54-57(46)42-23-9-13-29-52(42)72-54/h1-35,55,60H. The van der Waals surface area contributed by atoms with Gasteiger partial charge in [-0.05, 0) is 94.0 Å². The van der Waals surface area contributed by atoms with Gasteiger partial charge in [0.05, 0.1) is 22.1 Å². The van der Waals surface area contributed by atoms with Gasteiger partial charge in [0.2, 0.25) is 5.95 Å². The Balaban J connectivity index is 0.976. The number of fused-ring (bicyclic) bond motifs is 12. The second-order valence-corrected chi connectivity index (χ2v) is 19.3. The van der Waals surface area contributed by atoms with Crippen LogP contribution in [0.2, 0.25) is 0 Å². The topological polar surface area (TPSA) is 74.8 Å². The van der Waals surface area contributed by atoms with Crippen LogP contribution in [0.15, 0.2) is 221 Å². The Morgan fingerprint density at radius 2 is 0.764 bits per heavy atom. The van der Waals surface area contributed by atoms with Gasteiger partial charge in [0.25, 0.3) is 0 Å². The van der Waals surface area contributed by atoms with Gasteiger partial charge in [-0.2, -0.15) is 9.97 Å². The van der Waals surface area contributed by atoms with Crippen molar-refractivity contribution in [3.8, 4) is 34.4 Å². The molecular weight excluding hydrogens is 883 g/mol. The first kappa shape index (κ1) is 38.3. The maximum absolute atomic E-state index is 6.45. The van der Waals surface area contributed by atoms with Crippen molar-refractivity contribution < 1.29 is 8.83 Å². The minimum atomic E-state index is -0.0404. The Hall–Kier alpha value is -9.59. The zero-order valence-electron chi connectivity index (χ0n) is 38.4. The lowest BCUT2D eigenvalue weighted by Gasteiger charge is -2.43. The number of para-hydroxylation sites is 5. The molecule has 2 unspecified atom stereocenters. The number of furan rings is 2. The first-order valence-corrected chi connectivity index (χ1v) is 24.6. The molecule has 0 radical (unpaired) electrons. The van der Waals surface area contributed by atoms with E-state index in [1.165, 1.54) is 60.6 Å². The molecular formula is C65H37N5O2. The SMILES string of the molecule is c1ccc(-n2c3ccccc3c3c4c(ccc32)C2c3ccccc3C4c3c2ccc2c3c3ccccc3n2-c2nc(-c3cccc4oc5ccccc5c34)nc(-c3cccc4oc5ccccc5c34)n2)cc1. The van der Waals surface area contributed by atoms with E-state index < -0.39 is 0 Å². The lowest BCUT2D eigenvalue weighted by molar-refractivity contribution is 0.668. The summed E-state index contributed by atoms with van der Waals surface area (Å²) in [6, 6.07) is 75.8. The summed E-state index contributed by atoms with van der Waals surface area (Å²) < 4.78 is 17.6. The summed E-state index contributed by atoms with van der Waals surface area (Å²) in [5.41, 5.74) is 18.8. The van der Waals surface area contributed by atoms with Crippen LogP contribution in [-0.2, 0) is 0 Å². The van der Waals surface area contributed by atoms with Gasteiger partial charge >= 0.3 is 0 Å². The van der Waals surface area contributed by atoms with Gasteiger partial charge in [-0.25, -0.2) is 4.98 Å². The molecule has 0 saturated carbocycles. The van der Waals surface area contributed by atoms with Crippen LogP contribution in [0.4, 0.5) is 0 Å². The van der Waals surface area contributed by atoms with Gasteiger partial charge in [-0.1, -0.05) is 152 Å². The minimum absolute atomic E-state index is 0.0404. The second-order valence-electron chi connectivity index (χ2n) is 19.3. The average Bonchev–Trinajstić information content (AvgIpc) is 4.21. The van der Waals surface area contributed by atoms with Crippen LogP contribution in [0.3, 0.4) is 0 Å². The summed E-state index contributed by atoms with van der Waals surface area (Å²) in [5.74, 6) is 1.66. The van der Waals surface area contributed by atoms with Crippen LogP contribution in [0.1, 0.15) is 45.2 Å². The third-order valence-electron chi connectivity index (χ3n) is 15.8. The molecule has 3 aliphatic carbocycles. The number of rotatable bonds is 4. The van der Waals surface area contributed by atoms with Crippen molar-refractivity contribution in [2.75, 3.05) is 0 Å². The van der Waals surface area contributed by atoms with Crippen LogP contribution in [-0.4, -0.2) is 24.1 Å². The molecule has 2 bridgehead atoms. The zero-order valence-corrected chi connectivity index (χ0v) is 38.4. The summed E-state index contributed by atoms with van der Waals surface area (Å²) in [5, 5.41) is 8.90. The van der Waals surface area contributed by atoms with E-state index in [-0.39, 0.29) is 11.8 Å². The fourth-order valence-electron chi connectivity index (χ4n) is 13.0. The van der Waals surface area contributed by atoms with Crippen molar-refractivity contribution in [2.24, 2.45) is 0 Å². The Labute approximate surface area is 410 Å². The molecule has 5 aromatic heterocycles. The molecule has 334 valence electrons. The predicted octanol–water partition coefficient (Wildman–Crippen LogP) is 16.2. The first-order valence-electron chi connectivity index (χ1n) is 24.6. The molecule has 7 heteroatoms. The number of hydrogen-bond donors (Lipinski definition) is 0. The highest BCUT2D eigenvalue weighted by molar-refractivity contribution is 6.17. The van der Waals surface area contributed by atoms with Crippen molar-refractivity contribution in [3.05, 3.63) is 246 Å². The summed E-state index contributed by atoms with van der Waals surface area (Å²) in [6.45, 7) is 0. The van der Waals surface area contributed by atoms with E-state index in [4.69, 9.17) is 23.8 Å². The summed E-state index contributed by atoms with van der Waals surface area (Å²) in [6.07, 6.45) is 0. The molecule has 72 heavy (non-hydrogen) atoms. The van der Waals surface area contributed by atoms with E-state index in [0.717, 1.165) is 77.1 Å². The predicted molar refractivity (Wildman–Crippen MR) is 289 cm³/mol. The van der Waals surface area contributed by atoms with Gasteiger partial charge in [-0.15, -0.1) is 0 Å². The second kappa shape index (κ2) is 14.0. The van der Waals surface area contributed by atoms with E-state index >= 15 is 0 Å². The van der Waals surface area contributed by atoms with Gasteiger partial charge in [0.1, 0.15) is 22.3 Å². The largest absolute Gasteiger partial charge is 0.456 e. The fourth-order valence-corrected chi connectivity index (χ4v) is 13.0. The molecule has 7 nitrogen and oxygen atoms in total. The molecule has 0 N–H and O–H groups in total. The molecule has 0 aliphatic heterocycles. The molecule has 18 rings (SSSR count). The quantitative estimate of drug-likeness (QED) is 0.176. The Morgan fingerprint density at radius 3 is 1.35 bits per heavy atom. The van der Waals surface area contributed by atoms with Crippen molar-refractivity contribution in [2.45, 2.75) is 11.8 Å². The van der Waals surface area contributed by atoms with Crippen molar-refractivity contribution in [3.63, 3.8) is 0 Å². The lowest BCUT2D eigenvalue weighted by atomic mass is 9.59. The third kappa shape index (κ3) is 4.96. The molecule has 5 heterocycles. The third-order valence-corrected chi connectivity index (χ3v) is 15.8. The van der Waals surface area contributed by atoms with Crippen LogP contribution >= 0.6 is 0 Å². The van der Waals surface area contributed by atoms with E-state index in [9.17, 15) is 0 Å². The highest BCUT2D eigenvalue weighted by Crippen LogP contribution is 2.60. The van der Waals surface area contributed by atoms with Crippen molar-refractivity contribution in [1.82, 2.24) is 24.1 Å². The van der Waals surface area contributed by atoms with E-state index in [0.29, 0.717) is 17.6 Å². The Bertz CT molecular complexity index is 4710. The van der Waals surface area contributed by atoms with Gasteiger partial charge in [0, 0.05) is 71.7 Å². The fraction of sp³-hybridized carbons (Fsp3) is 0.0308. The number of benzene rings is 10. The van der Waals surface area contributed by atoms with Gasteiger partial charge < -0.3 is 13.4 Å². The van der Waals surface area contributed by atoms with Crippen molar-refractivity contribution >= 4 is 87.5 Å². The minimum Gasteiger partial charge on any atom is -0.456 e. The van der Waals surface area contributed by atoms with Crippen LogP contribution in [0, 0.1) is 0 Å². The van der Waals surface area contributed by atoms with Crippen molar-refractivity contribution in [1.29, 1.82) is 0 Å². The Morgan fingerprint density at radius 1 is 0.306 bits per heavy atom. The normalized spacial score (nSPS) is 14.9. The molecule has 0 amide bonds. The lowest BCUT2D eigenvalue weighted by Crippen LogP contribution is -2.28. The molecule has 0 fully saturated rings. The molecule has 3 aliphatic rings. The maximum atomic E-state index is 6.45. The monoisotopic (exact) mass is 919 g/mol. The van der Waals surface area contributed by atoms with E-state index in [1.54, 1.807) is 0 Å².